The average molecular weight is 513 g/mol. The summed E-state index contributed by atoms with van der Waals surface area (Å²) in [6, 6.07) is 6.29. The van der Waals surface area contributed by atoms with Crippen molar-refractivity contribution in [2.24, 2.45) is 11.7 Å². The van der Waals surface area contributed by atoms with Gasteiger partial charge in [0.25, 0.3) is 0 Å². The van der Waals surface area contributed by atoms with E-state index in [1.807, 2.05) is 38.1 Å². The van der Waals surface area contributed by atoms with E-state index in [4.69, 9.17) is 33.7 Å². The molecule has 0 heterocycles. The van der Waals surface area contributed by atoms with Crippen LogP contribution < -0.4 is 16.0 Å². The topological polar surface area (TPSA) is 84.7 Å². The van der Waals surface area contributed by atoms with Crippen LogP contribution in [0, 0.1) is 5.92 Å². The minimum atomic E-state index is -0.787. The van der Waals surface area contributed by atoms with Crippen LogP contribution in [0.4, 0.5) is 5.69 Å². The van der Waals surface area contributed by atoms with Gasteiger partial charge in [-0.05, 0) is 30.5 Å². The quantitative estimate of drug-likeness (QED) is 0.332. The highest BCUT2D eigenvalue weighted by molar-refractivity contribution is 8.93. The lowest BCUT2D eigenvalue weighted by Gasteiger charge is -2.24. The number of esters is 1. The minimum absolute atomic E-state index is 0. The van der Waals surface area contributed by atoms with Crippen molar-refractivity contribution in [3.63, 3.8) is 0 Å². The van der Waals surface area contributed by atoms with Crippen LogP contribution in [-0.2, 0) is 20.7 Å². The van der Waals surface area contributed by atoms with Gasteiger partial charge in [0.15, 0.2) is 0 Å². The molecule has 1 amide bonds. The van der Waals surface area contributed by atoms with E-state index in [-0.39, 0.29) is 35.4 Å². The number of nitrogens with two attached hydrogens (primary N) is 1. The maximum Gasteiger partial charge on any atom is 0.328 e. The molecule has 3 N–H and O–H groups in total. The fourth-order valence-corrected chi connectivity index (χ4v) is 3.07. The van der Waals surface area contributed by atoms with E-state index in [1.165, 1.54) is 0 Å². The molecule has 1 rings (SSSR count). The molecule has 29 heavy (non-hydrogen) atoms. The summed E-state index contributed by atoms with van der Waals surface area (Å²) in [4.78, 5) is 26.7. The molecule has 0 saturated carbocycles. The number of anilines is 1. The monoisotopic (exact) mass is 511 g/mol. The highest BCUT2D eigenvalue weighted by Crippen LogP contribution is 2.17. The maximum atomic E-state index is 12.3. The zero-order valence-corrected chi connectivity index (χ0v) is 20.4. The third-order valence-electron chi connectivity index (χ3n) is 4.36. The number of halogens is 3. The van der Waals surface area contributed by atoms with Gasteiger partial charge in [0, 0.05) is 37.0 Å². The zero-order chi connectivity index (χ0) is 21.1. The molecule has 0 saturated heterocycles. The number of amides is 1. The summed E-state index contributed by atoms with van der Waals surface area (Å²) in [6.07, 6.45) is 0.320. The molecule has 0 radical (unpaired) electrons. The number of hydrogen-bond donors (Lipinski definition) is 2. The Morgan fingerprint density at radius 1 is 1.14 bits per heavy atom. The zero-order valence-electron chi connectivity index (χ0n) is 17.2. The standard InChI is InChI=1S/C20H31Cl2N3O3.BrH/c1-4-28-20(27)17(24-19(26)18(23)14(2)3)13-15-5-7-16(8-6-15)25(11-9-21)12-10-22;/h5-8,14,17-18H,4,9-13,23H2,1-3H3,(H,24,26);1H/t17-,18-;/m0./s1. The van der Waals surface area contributed by atoms with Crippen LogP contribution in [0.5, 0.6) is 0 Å². The fourth-order valence-electron chi connectivity index (χ4n) is 2.66. The molecule has 2 atom stereocenters. The maximum absolute atomic E-state index is 12.3. The first-order valence-electron chi connectivity index (χ1n) is 9.52. The molecule has 0 bridgehead atoms. The van der Waals surface area contributed by atoms with E-state index in [2.05, 4.69) is 10.2 Å². The third-order valence-corrected chi connectivity index (χ3v) is 4.70. The van der Waals surface area contributed by atoms with E-state index in [0.29, 0.717) is 31.3 Å². The predicted molar refractivity (Wildman–Crippen MR) is 125 cm³/mol. The Morgan fingerprint density at radius 2 is 1.69 bits per heavy atom. The molecule has 0 aliphatic heterocycles. The van der Waals surface area contributed by atoms with Crippen LogP contribution in [0.25, 0.3) is 0 Å². The number of alkyl halides is 2. The number of ether oxygens (including phenoxy) is 1. The number of hydrogen-bond acceptors (Lipinski definition) is 5. The molecule has 9 heteroatoms. The van der Waals surface area contributed by atoms with E-state index < -0.39 is 18.1 Å². The predicted octanol–water partition coefficient (Wildman–Crippen LogP) is 3.12. The van der Waals surface area contributed by atoms with Crippen LogP contribution in [-0.4, -0.2) is 55.4 Å². The number of rotatable bonds is 12. The Hall–Kier alpha value is -1.02. The molecule has 0 aromatic heterocycles. The van der Waals surface area contributed by atoms with Gasteiger partial charge in [0.05, 0.1) is 12.6 Å². The fraction of sp³-hybridized carbons (Fsp3) is 0.600. The van der Waals surface area contributed by atoms with Gasteiger partial charge in [-0.3, -0.25) is 4.79 Å². The normalized spacial score (nSPS) is 12.7. The Morgan fingerprint density at radius 3 is 2.14 bits per heavy atom. The van der Waals surface area contributed by atoms with Gasteiger partial charge in [-0.25, -0.2) is 4.79 Å². The van der Waals surface area contributed by atoms with Gasteiger partial charge < -0.3 is 20.7 Å². The van der Waals surface area contributed by atoms with E-state index >= 15 is 0 Å². The van der Waals surface area contributed by atoms with E-state index in [0.717, 1.165) is 11.3 Å². The van der Waals surface area contributed by atoms with Crippen molar-refractivity contribution in [2.75, 3.05) is 36.4 Å². The molecule has 0 fully saturated rings. The lowest BCUT2D eigenvalue weighted by molar-refractivity contribution is -0.147. The molecule has 1 aromatic rings. The highest BCUT2D eigenvalue weighted by Gasteiger charge is 2.26. The first kappa shape index (κ1) is 28.0. The van der Waals surface area contributed by atoms with Gasteiger partial charge in [-0.1, -0.05) is 26.0 Å². The van der Waals surface area contributed by atoms with Crippen molar-refractivity contribution in [1.82, 2.24) is 5.32 Å². The molecular weight excluding hydrogens is 481 g/mol. The molecule has 6 nitrogen and oxygen atoms in total. The second-order valence-electron chi connectivity index (χ2n) is 6.82. The largest absolute Gasteiger partial charge is 0.464 e. The van der Waals surface area contributed by atoms with Crippen molar-refractivity contribution >= 4 is 57.7 Å². The van der Waals surface area contributed by atoms with Crippen LogP contribution in [0.1, 0.15) is 26.3 Å². The molecule has 166 valence electrons. The van der Waals surface area contributed by atoms with Gasteiger partial charge in [0.2, 0.25) is 5.91 Å². The summed E-state index contributed by atoms with van der Waals surface area (Å²) in [5, 5.41) is 2.73. The molecule has 1 aromatic carbocycles. The number of nitrogens with zero attached hydrogens (tertiary/aromatic N) is 1. The Bertz CT molecular complexity index is 611. The van der Waals surface area contributed by atoms with Crippen LogP contribution in [0.3, 0.4) is 0 Å². The van der Waals surface area contributed by atoms with Crippen LogP contribution in [0.2, 0.25) is 0 Å². The summed E-state index contributed by atoms with van der Waals surface area (Å²) in [7, 11) is 0. The number of carbonyl (C=O) groups excluding carboxylic acids is 2. The lowest BCUT2D eigenvalue weighted by atomic mass is 10.0. The Labute approximate surface area is 194 Å². The summed E-state index contributed by atoms with van der Waals surface area (Å²) < 4.78 is 5.11. The van der Waals surface area contributed by atoms with Crippen LogP contribution in [0.15, 0.2) is 24.3 Å². The van der Waals surface area contributed by atoms with Crippen molar-refractivity contribution in [2.45, 2.75) is 39.3 Å². The second-order valence-corrected chi connectivity index (χ2v) is 7.57. The first-order valence-corrected chi connectivity index (χ1v) is 10.6. The van der Waals surface area contributed by atoms with Gasteiger partial charge in [-0.2, -0.15) is 0 Å². The van der Waals surface area contributed by atoms with Crippen molar-refractivity contribution in [1.29, 1.82) is 0 Å². The number of benzene rings is 1. The summed E-state index contributed by atoms with van der Waals surface area (Å²) in [5.41, 5.74) is 7.80. The molecule has 0 aliphatic carbocycles. The van der Waals surface area contributed by atoms with Gasteiger partial charge >= 0.3 is 5.97 Å². The number of carbonyl (C=O) groups is 2. The molecule has 0 aliphatic rings. The summed E-state index contributed by atoms with van der Waals surface area (Å²) in [5.74, 6) is 0.149. The minimum Gasteiger partial charge on any atom is -0.464 e. The van der Waals surface area contributed by atoms with Gasteiger partial charge in [0.1, 0.15) is 6.04 Å². The second kappa shape index (κ2) is 14.9. The summed E-state index contributed by atoms with van der Waals surface area (Å²) >= 11 is 11.7. The van der Waals surface area contributed by atoms with Crippen LogP contribution >= 0.6 is 40.2 Å². The van der Waals surface area contributed by atoms with Gasteiger partial charge in [-0.15, -0.1) is 40.2 Å². The lowest BCUT2D eigenvalue weighted by Crippen LogP contribution is -2.51. The van der Waals surface area contributed by atoms with Crippen molar-refractivity contribution < 1.29 is 14.3 Å². The van der Waals surface area contributed by atoms with E-state index in [9.17, 15) is 9.59 Å². The van der Waals surface area contributed by atoms with Crippen molar-refractivity contribution in [3.8, 4) is 0 Å². The SMILES string of the molecule is Br.CCOC(=O)[C@H](Cc1ccc(N(CCCl)CCCl)cc1)NC(=O)[C@@H](N)C(C)C. The Balaban J connectivity index is 0.00000784. The molecule has 0 unspecified atom stereocenters. The highest BCUT2D eigenvalue weighted by atomic mass is 79.9. The smallest absolute Gasteiger partial charge is 0.328 e. The first-order chi connectivity index (χ1) is 13.3. The van der Waals surface area contributed by atoms with Crippen molar-refractivity contribution in [3.05, 3.63) is 29.8 Å². The molecular formula is C20H32BrCl2N3O3. The average Bonchev–Trinajstić information content (AvgIpc) is 2.67. The van der Waals surface area contributed by atoms with E-state index in [1.54, 1.807) is 6.92 Å². The number of nitrogens with one attached hydrogen (secondary N) is 1. The molecule has 0 spiro atoms. The third kappa shape index (κ3) is 9.55. The summed E-state index contributed by atoms with van der Waals surface area (Å²) in [6.45, 7) is 7.08. The Kier molecular flexibility index (Phi) is 14.4.